The molecule has 6 atom stereocenters. The maximum absolute atomic E-state index is 13.6. The molecule has 2 aliphatic rings. The van der Waals surface area contributed by atoms with Crippen molar-refractivity contribution in [1.82, 2.24) is 29.4 Å². The second-order valence-electron chi connectivity index (χ2n) is 17.5. The zero-order chi connectivity index (χ0) is 45.4. The topological polar surface area (TPSA) is 227 Å². The summed E-state index contributed by atoms with van der Waals surface area (Å²) in [6.45, 7) is 4.91. The van der Waals surface area contributed by atoms with Crippen LogP contribution in [0.15, 0.2) is 49.3 Å². The van der Waals surface area contributed by atoms with Crippen molar-refractivity contribution in [2.45, 2.75) is 179 Å². The minimum atomic E-state index is -4.78. The number of hydrogen-bond acceptors (Lipinski definition) is 14. The molecule has 4 aromatic rings. The Labute approximate surface area is 377 Å². The van der Waals surface area contributed by atoms with Gasteiger partial charge in [-0.15, -0.1) is 0 Å². The highest BCUT2D eigenvalue weighted by Crippen LogP contribution is 2.52. The van der Waals surface area contributed by atoms with Crippen molar-refractivity contribution >= 4 is 19.2 Å². The van der Waals surface area contributed by atoms with Crippen LogP contribution >= 0.6 is 7.82 Å². The first-order chi connectivity index (χ1) is 31.0. The number of unbranched alkanes of at least 4 members (excludes halogenated alkanes) is 16. The summed E-state index contributed by atoms with van der Waals surface area (Å²) in [5, 5.41) is 28.9. The molecule has 5 heterocycles. The van der Waals surface area contributed by atoms with E-state index < -0.39 is 50.2 Å². The number of benzene rings is 1. The largest absolute Gasteiger partial charge is 0.472 e. The Kier molecular flexibility index (Phi) is 18.2. The van der Waals surface area contributed by atoms with E-state index in [1.165, 1.54) is 107 Å². The van der Waals surface area contributed by atoms with Crippen LogP contribution in [0.5, 0.6) is 0 Å². The number of fused-ring (bicyclic) bond motifs is 2. The summed E-state index contributed by atoms with van der Waals surface area (Å²) in [5.41, 5.74) is 7.01. The Morgan fingerprint density at radius 2 is 1.55 bits per heavy atom. The fourth-order valence-electron chi connectivity index (χ4n) is 8.60. The van der Waals surface area contributed by atoms with Crippen LogP contribution in [-0.4, -0.2) is 77.2 Å². The number of nitrogens with zero attached hydrogens (tertiary/aromatic N) is 8. The van der Waals surface area contributed by atoms with Crippen LogP contribution in [0, 0.1) is 22.7 Å². The molecule has 0 radical (unpaired) electrons. The number of rotatable bonds is 29. The van der Waals surface area contributed by atoms with Crippen LogP contribution in [0.25, 0.3) is 11.2 Å². The first-order valence-corrected chi connectivity index (χ1v) is 24.6. The van der Waals surface area contributed by atoms with Crippen LogP contribution in [0.2, 0.25) is 0 Å². The smallest absolute Gasteiger partial charge is 0.382 e. The number of hydrogen-bond donors (Lipinski definition) is 2. The lowest BCUT2D eigenvalue weighted by Gasteiger charge is -2.29. The van der Waals surface area contributed by atoms with Gasteiger partial charge in [0.25, 0.3) is 0 Å². The van der Waals surface area contributed by atoms with Crippen molar-refractivity contribution in [2.24, 2.45) is 0 Å². The van der Waals surface area contributed by atoms with E-state index in [4.69, 9.17) is 33.7 Å². The van der Waals surface area contributed by atoms with E-state index >= 15 is 0 Å². The van der Waals surface area contributed by atoms with Crippen LogP contribution < -0.4 is 5.73 Å². The minimum Gasteiger partial charge on any atom is -0.382 e. The normalized spacial score (nSPS) is 21.7. The molecule has 2 saturated heterocycles. The van der Waals surface area contributed by atoms with Gasteiger partial charge in [-0.3, -0.25) is 9.05 Å². The number of nitriles is 2. The maximum Gasteiger partial charge on any atom is 0.472 e. The van der Waals surface area contributed by atoms with Crippen molar-refractivity contribution in [3.63, 3.8) is 0 Å². The Morgan fingerprint density at radius 3 is 2.17 bits per heavy atom. The van der Waals surface area contributed by atoms with Gasteiger partial charge >= 0.3 is 7.82 Å². The molecule has 0 amide bonds. The number of anilines is 1. The van der Waals surface area contributed by atoms with E-state index in [2.05, 4.69) is 39.2 Å². The van der Waals surface area contributed by atoms with E-state index in [0.29, 0.717) is 28.9 Å². The zero-order valence-electron chi connectivity index (χ0n) is 37.7. The number of phosphoric acid groups is 1. The van der Waals surface area contributed by atoms with Gasteiger partial charge in [-0.1, -0.05) is 122 Å². The van der Waals surface area contributed by atoms with Gasteiger partial charge in [-0.25, -0.2) is 23.7 Å². The quantitative estimate of drug-likeness (QED) is 0.0382. The molecule has 0 spiro atoms. The van der Waals surface area contributed by atoms with Gasteiger partial charge in [0.05, 0.1) is 36.3 Å². The van der Waals surface area contributed by atoms with E-state index in [0.717, 1.165) is 31.2 Å². The fourth-order valence-corrected chi connectivity index (χ4v) is 9.38. The highest BCUT2D eigenvalue weighted by molar-refractivity contribution is 7.47. The van der Waals surface area contributed by atoms with Gasteiger partial charge < -0.3 is 29.6 Å². The lowest BCUT2D eigenvalue weighted by molar-refractivity contribution is -0.204. The molecule has 6 rings (SSSR count). The van der Waals surface area contributed by atoms with Crippen LogP contribution in [0.3, 0.4) is 0 Å². The molecule has 348 valence electrons. The number of nitrogens with two attached hydrogens (primary N) is 1. The van der Waals surface area contributed by atoms with Crippen molar-refractivity contribution in [3.05, 3.63) is 66.1 Å². The van der Waals surface area contributed by atoms with Gasteiger partial charge in [0, 0.05) is 0 Å². The predicted octanol–water partition coefficient (Wildman–Crippen LogP) is 9.38. The highest BCUT2D eigenvalue weighted by Gasteiger charge is 2.65. The molecular formula is C46H66N9O8P. The van der Waals surface area contributed by atoms with E-state index in [1.54, 1.807) is 42.6 Å². The molecule has 0 saturated carbocycles. The number of aromatic nitrogens is 6. The third-order valence-corrected chi connectivity index (χ3v) is 13.0. The fraction of sp³-hybridized carbons (Fsp3) is 0.652. The Morgan fingerprint density at radius 1 is 0.875 bits per heavy atom. The minimum absolute atomic E-state index is 0.129. The third kappa shape index (κ3) is 13.4. The summed E-state index contributed by atoms with van der Waals surface area (Å²) in [5.74, 6) is -0.838. The van der Waals surface area contributed by atoms with Crippen LogP contribution in [0.4, 0.5) is 5.82 Å². The summed E-state index contributed by atoms with van der Waals surface area (Å²) in [6, 6.07) is 13.2. The first-order valence-electron chi connectivity index (χ1n) is 23.1. The molecule has 2 aliphatic heterocycles. The van der Waals surface area contributed by atoms with Gasteiger partial charge in [0.1, 0.15) is 61.6 Å². The Bertz CT molecular complexity index is 2190. The van der Waals surface area contributed by atoms with E-state index in [1.807, 2.05) is 6.07 Å². The molecule has 18 heteroatoms. The molecule has 0 aliphatic carbocycles. The van der Waals surface area contributed by atoms with Crippen LogP contribution in [0.1, 0.15) is 159 Å². The van der Waals surface area contributed by atoms with Crippen molar-refractivity contribution < 1.29 is 37.5 Å². The van der Waals surface area contributed by atoms with Gasteiger partial charge in [0.2, 0.25) is 5.60 Å². The second-order valence-corrected chi connectivity index (χ2v) is 18.9. The van der Waals surface area contributed by atoms with Gasteiger partial charge in [-0.05, 0) is 50.1 Å². The lowest BCUT2D eigenvalue weighted by Crippen LogP contribution is -2.45. The van der Waals surface area contributed by atoms with E-state index in [-0.39, 0.29) is 19.0 Å². The molecule has 2 unspecified atom stereocenters. The molecule has 1 aromatic carbocycles. The Balaban J connectivity index is 1.01. The van der Waals surface area contributed by atoms with Gasteiger partial charge in [-0.2, -0.15) is 20.7 Å². The average Bonchev–Trinajstić information content (AvgIpc) is 4.09. The molecule has 3 aromatic heterocycles. The average molecular weight is 904 g/mol. The lowest BCUT2D eigenvalue weighted by atomic mass is 9.96. The highest BCUT2D eigenvalue weighted by atomic mass is 31.2. The summed E-state index contributed by atoms with van der Waals surface area (Å²) in [7, 11) is -4.78. The second kappa shape index (κ2) is 23.8. The Hall–Kier alpha value is -4.29. The summed E-state index contributed by atoms with van der Waals surface area (Å²) < 4.78 is 52.8. The van der Waals surface area contributed by atoms with Gasteiger partial charge in [0.15, 0.2) is 11.6 Å². The maximum atomic E-state index is 13.6. The summed E-state index contributed by atoms with van der Waals surface area (Å²) >= 11 is 0. The standard InChI is InChI=1S/C46H66N9O8P/c1-4-5-6-7-8-9-10-11-12-13-14-15-16-17-18-19-20-21-37(58-28-35-22-23-38(36(26-35)27-47)54-34-50-32-52-54)29-59-64(56,57)60-31-46(30-48)43-42(61-45(2,3)63-43)41(62-46)39-24-25-40-44(49)51-33-53-55(39)40/h22-26,32-34,37,41-43H,4-21,28-29,31H2,1-3H3,(H,56,57)(H2,49,51,53)/t37-,41?,42+,43+,46-/m1/s1. The summed E-state index contributed by atoms with van der Waals surface area (Å²) in [6.07, 6.45) is 22.9. The molecule has 64 heavy (non-hydrogen) atoms. The third-order valence-electron chi connectivity index (χ3n) is 12.0. The predicted molar refractivity (Wildman–Crippen MR) is 239 cm³/mol. The first kappa shape index (κ1) is 49.2. The van der Waals surface area contributed by atoms with Crippen LogP contribution in [-0.2, 0) is 39.2 Å². The van der Waals surface area contributed by atoms with Crippen molar-refractivity contribution in [2.75, 3.05) is 18.9 Å². The molecule has 17 nitrogen and oxygen atoms in total. The number of ether oxygens (including phenoxy) is 4. The molecular weight excluding hydrogens is 838 g/mol. The van der Waals surface area contributed by atoms with Crippen molar-refractivity contribution in [1.29, 1.82) is 10.5 Å². The summed E-state index contributed by atoms with van der Waals surface area (Å²) in [4.78, 5) is 19.0. The number of phosphoric ester groups is 1. The van der Waals surface area contributed by atoms with Crippen molar-refractivity contribution in [3.8, 4) is 17.8 Å². The number of nitrogen functional groups attached to an aromatic ring is 1. The van der Waals surface area contributed by atoms with E-state index in [9.17, 15) is 20.0 Å². The molecule has 0 bridgehead atoms. The monoisotopic (exact) mass is 903 g/mol. The SMILES string of the molecule is CCCCCCCCCCCCCCCCCCC[C@H](COP(=O)(O)OC[C@@]1(C#N)OC(c2ccc3c(N)ncnn23)[C@@H]2OC(C)(C)O[C@@H]21)OCc1ccc(-n2cncn2)c(C#N)c1. The molecule has 3 N–H and O–H groups in total. The zero-order valence-corrected chi connectivity index (χ0v) is 38.6. The molecule has 2 fully saturated rings.